The van der Waals surface area contributed by atoms with Gasteiger partial charge in [0.15, 0.2) is 0 Å². The second-order valence-corrected chi connectivity index (χ2v) is 8.08. The molecular weight excluding hydrogens is 246 g/mol. The van der Waals surface area contributed by atoms with Crippen molar-refractivity contribution in [1.82, 2.24) is 4.90 Å². The molecule has 1 aliphatic heterocycles. The van der Waals surface area contributed by atoms with E-state index in [-0.39, 0.29) is 0 Å². The molecule has 112 valence electrons. The van der Waals surface area contributed by atoms with Crippen LogP contribution in [0.25, 0.3) is 0 Å². The summed E-state index contributed by atoms with van der Waals surface area (Å²) >= 11 is 0. The molecule has 1 unspecified atom stereocenters. The molecule has 0 radical (unpaired) electrons. The maximum Gasteiger partial charge on any atom is 0.226 e. The first kappa shape index (κ1) is 13.2. The van der Waals surface area contributed by atoms with Crippen LogP contribution in [0, 0.1) is 35.5 Å². The van der Waals surface area contributed by atoms with E-state index < -0.39 is 0 Å². The molecule has 1 atom stereocenters. The lowest BCUT2D eigenvalue weighted by molar-refractivity contribution is -0.138. The molecule has 5 aliphatic rings. The predicted molar refractivity (Wildman–Crippen MR) is 80.1 cm³/mol. The quantitative estimate of drug-likeness (QED) is 0.766. The van der Waals surface area contributed by atoms with Crippen molar-refractivity contribution in [1.29, 1.82) is 0 Å². The Morgan fingerprint density at radius 1 is 1.05 bits per heavy atom. The van der Waals surface area contributed by atoms with Crippen LogP contribution in [0.2, 0.25) is 0 Å². The number of likely N-dealkylation sites (tertiary alicyclic amines) is 1. The number of amides is 1. The van der Waals surface area contributed by atoms with Crippen LogP contribution in [0.5, 0.6) is 0 Å². The van der Waals surface area contributed by atoms with E-state index in [0.29, 0.717) is 11.8 Å². The van der Waals surface area contributed by atoms with Crippen LogP contribution >= 0.6 is 0 Å². The first-order valence-electron chi connectivity index (χ1n) is 9.05. The fourth-order valence-electron chi connectivity index (χ4n) is 6.32. The molecule has 4 bridgehead atoms. The maximum atomic E-state index is 12.8. The summed E-state index contributed by atoms with van der Waals surface area (Å²) in [6.45, 7) is 4.28. The van der Waals surface area contributed by atoms with Crippen molar-refractivity contribution in [2.75, 3.05) is 13.1 Å². The molecule has 2 heteroatoms. The highest BCUT2D eigenvalue weighted by atomic mass is 16.2. The van der Waals surface area contributed by atoms with Gasteiger partial charge in [-0.3, -0.25) is 4.79 Å². The molecule has 1 heterocycles. The Morgan fingerprint density at radius 2 is 1.70 bits per heavy atom. The number of carbonyl (C=O) groups excluding carboxylic acids is 1. The molecule has 20 heavy (non-hydrogen) atoms. The normalized spacial score (nSPS) is 46.5. The molecule has 0 N–H and O–H groups in total. The van der Waals surface area contributed by atoms with Gasteiger partial charge in [0.05, 0.1) is 0 Å². The van der Waals surface area contributed by atoms with Gasteiger partial charge in [0.25, 0.3) is 0 Å². The fraction of sp³-hybridized carbons (Fsp3) is 0.944. The summed E-state index contributed by atoms with van der Waals surface area (Å²) < 4.78 is 0. The van der Waals surface area contributed by atoms with Gasteiger partial charge in [-0.1, -0.05) is 13.3 Å². The van der Waals surface area contributed by atoms with Crippen molar-refractivity contribution in [2.45, 2.75) is 58.3 Å². The third kappa shape index (κ3) is 2.02. The monoisotopic (exact) mass is 275 g/mol. The number of hydrogen-bond donors (Lipinski definition) is 0. The summed E-state index contributed by atoms with van der Waals surface area (Å²) in [6.07, 6.45) is 10.9. The zero-order valence-electron chi connectivity index (χ0n) is 12.9. The summed E-state index contributed by atoms with van der Waals surface area (Å²) in [6, 6.07) is 0. The summed E-state index contributed by atoms with van der Waals surface area (Å²) in [5.74, 6) is 5.57. The van der Waals surface area contributed by atoms with Crippen molar-refractivity contribution in [3.63, 3.8) is 0 Å². The first-order valence-corrected chi connectivity index (χ1v) is 9.05. The Kier molecular flexibility index (Phi) is 3.31. The van der Waals surface area contributed by atoms with Crippen LogP contribution in [0.3, 0.4) is 0 Å². The van der Waals surface area contributed by atoms with Gasteiger partial charge < -0.3 is 4.90 Å². The topological polar surface area (TPSA) is 20.3 Å². The molecular formula is C18H29NO. The summed E-state index contributed by atoms with van der Waals surface area (Å²) in [4.78, 5) is 14.9. The van der Waals surface area contributed by atoms with Gasteiger partial charge in [-0.2, -0.15) is 0 Å². The van der Waals surface area contributed by atoms with Gasteiger partial charge >= 0.3 is 0 Å². The largest absolute Gasteiger partial charge is 0.342 e. The molecule has 5 rings (SSSR count). The van der Waals surface area contributed by atoms with Crippen LogP contribution in [0.1, 0.15) is 58.3 Å². The molecule has 0 aromatic carbocycles. The maximum absolute atomic E-state index is 12.8. The molecule has 2 nitrogen and oxygen atoms in total. The smallest absolute Gasteiger partial charge is 0.226 e. The Hall–Kier alpha value is -0.530. The Labute approximate surface area is 123 Å². The summed E-state index contributed by atoms with van der Waals surface area (Å²) in [5.41, 5.74) is 0. The van der Waals surface area contributed by atoms with Gasteiger partial charge in [0, 0.05) is 19.0 Å². The van der Waals surface area contributed by atoms with E-state index in [4.69, 9.17) is 0 Å². The van der Waals surface area contributed by atoms with Crippen molar-refractivity contribution < 1.29 is 4.79 Å². The summed E-state index contributed by atoms with van der Waals surface area (Å²) in [5, 5.41) is 0. The van der Waals surface area contributed by atoms with Crippen molar-refractivity contribution in [2.24, 2.45) is 35.5 Å². The van der Waals surface area contributed by atoms with Crippen LogP contribution in [0.4, 0.5) is 0 Å². The third-order valence-electron chi connectivity index (χ3n) is 6.88. The van der Waals surface area contributed by atoms with E-state index in [1.807, 2.05) is 0 Å². The Morgan fingerprint density at radius 3 is 2.30 bits per heavy atom. The van der Waals surface area contributed by atoms with E-state index in [9.17, 15) is 4.79 Å². The minimum Gasteiger partial charge on any atom is -0.342 e. The third-order valence-corrected chi connectivity index (χ3v) is 6.88. The average Bonchev–Trinajstić information content (AvgIpc) is 2.77. The highest BCUT2D eigenvalue weighted by Gasteiger charge is 2.53. The van der Waals surface area contributed by atoms with Gasteiger partial charge in [-0.15, -0.1) is 0 Å². The number of hydrogen-bond acceptors (Lipinski definition) is 1. The van der Waals surface area contributed by atoms with Gasteiger partial charge in [-0.25, -0.2) is 0 Å². The zero-order chi connectivity index (χ0) is 13.7. The van der Waals surface area contributed by atoms with Crippen LogP contribution in [-0.4, -0.2) is 23.9 Å². The highest BCUT2D eigenvalue weighted by molar-refractivity contribution is 5.81. The number of unbranched alkanes of at least 4 members (excludes halogenated alkanes) is 1. The highest BCUT2D eigenvalue weighted by Crippen LogP contribution is 2.59. The molecule has 5 fully saturated rings. The number of nitrogens with zero attached hydrogens (tertiary/aromatic N) is 1. The van der Waals surface area contributed by atoms with Crippen molar-refractivity contribution in [3.05, 3.63) is 0 Å². The van der Waals surface area contributed by atoms with E-state index in [1.165, 1.54) is 44.9 Å². The van der Waals surface area contributed by atoms with E-state index in [1.54, 1.807) is 0 Å². The van der Waals surface area contributed by atoms with E-state index >= 15 is 0 Å². The molecule has 1 amide bonds. The molecule has 0 aromatic heterocycles. The minimum atomic E-state index is 0.404. The zero-order valence-corrected chi connectivity index (χ0v) is 12.9. The van der Waals surface area contributed by atoms with Gasteiger partial charge in [0.1, 0.15) is 0 Å². The number of rotatable bonds is 4. The first-order chi connectivity index (χ1) is 9.76. The fourth-order valence-corrected chi connectivity index (χ4v) is 6.32. The lowest BCUT2D eigenvalue weighted by Crippen LogP contribution is -2.49. The molecule has 1 saturated heterocycles. The van der Waals surface area contributed by atoms with Crippen LogP contribution in [0.15, 0.2) is 0 Å². The van der Waals surface area contributed by atoms with Crippen LogP contribution in [-0.2, 0) is 4.79 Å². The lowest BCUT2D eigenvalue weighted by Gasteiger charge is -2.55. The van der Waals surface area contributed by atoms with Crippen molar-refractivity contribution >= 4 is 5.91 Å². The second-order valence-electron chi connectivity index (χ2n) is 8.08. The number of carbonyl (C=O) groups is 1. The van der Waals surface area contributed by atoms with E-state index in [0.717, 1.165) is 49.1 Å². The van der Waals surface area contributed by atoms with Crippen LogP contribution < -0.4 is 0 Å². The average molecular weight is 275 g/mol. The van der Waals surface area contributed by atoms with Gasteiger partial charge in [-0.05, 0) is 74.5 Å². The summed E-state index contributed by atoms with van der Waals surface area (Å²) in [7, 11) is 0. The lowest BCUT2D eigenvalue weighted by atomic mass is 9.49. The SMILES string of the molecule is CCCCN1CCC(C2C3CC4CC(C3)CC2C4)C1=O. The molecule has 4 saturated carbocycles. The Balaban J connectivity index is 1.47. The minimum absolute atomic E-state index is 0.404. The van der Waals surface area contributed by atoms with Crippen molar-refractivity contribution in [3.8, 4) is 0 Å². The molecule has 0 spiro atoms. The molecule has 4 aliphatic carbocycles. The molecule has 0 aromatic rings. The predicted octanol–water partition coefficient (Wildman–Crippen LogP) is 3.71. The van der Waals surface area contributed by atoms with Gasteiger partial charge in [0.2, 0.25) is 5.91 Å². The van der Waals surface area contributed by atoms with E-state index in [2.05, 4.69) is 11.8 Å². The second kappa shape index (κ2) is 5.03. The Bertz CT molecular complexity index is 363. The standard InChI is InChI=1S/C18H29NO/c1-2-3-5-19-6-4-16(18(19)20)17-14-8-12-7-13(10-14)11-15(17)9-12/h12-17H,2-11H2,1H3.